The van der Waals surface area contributed by atoms with Crippen LogP contribution in [0.3, 0.4) is 0 Å². The van der Waals surface area contributed by atoms with Crippen LogP contribution in [-0.4, -0.2) is 52.4 Å². The Labute approximate surface area is 159 Å². The maximum Gasteiger partial charge on any atom is 0.341 e. The van der Waals surface area contributed by atoms with E-state index in [1.165, 1.54) is 0 Å². The third-order valence-corrected chi connectivity index (χ3v) is 5.04. The van der Waals surface area contributed by atoms with Gasteiger partial charge in [-0.3, -0.25) is 9.88 Å². The number of hydrogen-bond acceptors (Lipinski definition) is 5. The van der Waals surface area contributed by atoms with Gasteiger partial charge in [0, 0.05) is 48.6 Å². The summed E-state index contributed by atoms with van der Waals surface area (Å²) in [6, 6.07) is 9.68. The summed E-state index contributed by atoms with van der Waals surface area (Å²) in [5.41, 5.74) is 2.87. The molecule has 1 atom stereocenters. The molecule has 0 unspecified atom stereocenters. The van der Waals surface area contributed by atoms with Gasteiger partial charge in [-0.1, -0.05) is 19.1 Å². The second kappa shape index (κ2) is 8.50. The van der Waals surface area contributed by atoms with Crippen LogP contribution in [-0.2, 0) is 11.3 Å². The number of nitrogens with zero attached hydrogens (tertiary/aromatic N) is 2. The molecule has 0 amide bonds. The van der Waals surface area contributed by atoms with Gasteiger partial charge in [0.15, 0.2) is 6.61 Å². The molecule has 0 radical (unpaired) electrons. The van der Waals surface area contributed by atoms with Crippen LogP contribution in [0.4, 0.5) is 0 Å². The van der Waals surface area contributed by atoms with Crippen molar-refractivity contribution in [1.29, 1.82) is 0 Å². The third-order valence-electron chi connectivity index (χ3n) is 5.04. The molecule has 6 heteroatoms. The SMILES string of the molecule is C[C@@]1(CO)CCCN(Cc2cc(-c3cccnc3)ccc2OCC(=O)O)C1. The minimum absolute atomic E-state index is 0.0959. The Morgan fingerprint density at radius 3 is 2.89 bits per heavy atom. The molecule has 0 saturated carbocycles. The number of benzene rings is 1. The van der Waals surface area contributed by atoms with Crippen molar-refractivity contribution < 1.29 is 19.7 Å². The molecule has 1 aliphatic heterocycles. The van der Waals surface area contributed by atoms with E-state index >= 15 is 0 Å². The first-order valence-corrected chi connectivity index (χ1v) is 9.20. The van der Waals surface area contributed by atoms with Gasteiger partial charge >= 0.3 is 5.97 Å². The first-order valence-electron chi connectivity index (χ1n) is 9.20. The zero-order valence-corrected chi connectivity index (χ0v) is 15.6. The number of aliphatic hydroxyl groups is 1. The van der Waals surface area contributed by atoms with Crippen molar-refractivity contribution >= 4 is 5.97 Å². The van der Waals surface area contributed by atoms with Gasteiger partial charge in [0.05, 0.1) is 0 Å². The Morgan fingerprint density at radius 1 is 1.33 bits per heavy atom. The maximum atomic E-state index is 10.9. The lowest BCUT2D eigenvalue weighted by Crippen LogP contribution is -2.43. The molecule has 2 N–H and O–H groups in total. The number of carboxylic acids is 1. The smallest absolute Gasteiger partial charge is 0.341 e. The average Bonchev–Trinajstić information content (AvgIpc) is 2.67. The summed E-state index contributed by atoms with van der Waals surface area (Å²) in [6.07, 6.45) is 5.58. The van der Waals surface area contributed by atoms with E-state index in [4.69, 9.17) is 9.84 Å². The Kier molecular flexibility index (Phi) is 6.08. The van der Waals surface area contributed by atoms with Crippen molar-refractivity contribution in [3.8, 4) is 16.9 Å². The van der Waals surface area contributed by atoms with Crippen LogP contribution in [0.5, 0.6) is 5.75 Å². The van der Waals surface area contributed by atoms with Crippen LogP contribution in [0.2, 0.25) is 0 Å². The number of hydrogen-bond donors (Lipinski definition) is 2. The molecule has 6 nitrogen and oxygen atoms in total. The number of rotatable bonds is 7. The molecule has 1 fully saturated rings. The van der Waals surface area contributed by atoms with Gasteiger partial charge in [-0.15, -0.1) is 0 Å². The molecule has 27 heavy (non-hydrogen) atoms. The molecule has 1 saturated heterocycles. The van der Waals surface area contributed by atoms with Crippen molar-refractivity contribution in [1.82, 2.24) is 9.88 Å². The lowest BCUT2D eigenvalue weighted by atomic mass is 9.82. The quantitative estimate of drug-likeness (QED) is 0.780. The van der Waals surface area contributed by atoms with E-state index in [-0.39, 0.29) is 18.6 Å². The number of carboxylic acid groups (broad SMARTS) is 1. The highest BCUT2D eigenvalue weighted by Gasteiger charge is 2.30. The third kappa shape index (κ3) is 5.05. The minimum Gasteiger partial charge on any atom is -0.482 e. The van der Waals surface area contributed by atoms with Gasteiger partial charge in [0.2, 0.25) is 0 Å². The van der Waals surface area contributed by atoms with E-state index < -0.39 is 5.97 Å². The van der Waals surface area contributed by atoms with E-state index in [9.17, 15) is 9.90 Å². The average molecular weight is 370 g/mol. The molecule has 0 aliphatic carbocycles. The summed E-state index contributed by atoms with van der Waals surface area (Å²) >= 11 is 0. The minimum atomic E-state index is -0.997. The highest BCUT2D eigenvalue weighted by molar-refractivity contribution is 5.69. The number of pyridine rings is 1. The predicted octanol–water partition coefficient (Wildman–Crippen LogP) is 2.81. The number of aliphatic carboxylic acids is 1. The summed E-state index contributed by atoms with van der Waals surface area (Å²) in [7, 11) is 0. The molecule has 3 rings (SSSR count). The summed E-state index contributed by atoms with van der Waals surface area (Å²) in [5.74, 6) is -0.413. The van der Waals surface area contributed by atoms with E-state index in [2.05, 4.69) is 16.8 Å². The van der Waals surface area contributed by atoms with Crippen LogP contribution >= 0.6 is 0 Å². The monoisotopic (exact) mass is 370 g/mol. The molecule has 1 aromatic carbocycles. The number of carbonyl (C=O) groups is 1. The molecular formula is C21H26N2O4. The van der Waals surface area contributed by atoms with E-state index in [0.29, 0.717) is 12.3 Å². The van der Waals surface area contributed by atoms with Crippen LogP contribution in [0.15, 0.2) is 42.7 Å². The summed E-state index contributed by atoms with van der Waals surface area (Å²) in [6.45, 7) is 4.31. The normalized spacial score (nSPS) is 20.4. The van der Waals surface area contributed by atoms with Gasteiger partial charge in [0.1, 0.15) is 5.75 Å². The van der Waals surface area contributed by atoms with E-state index in [1.54, 1.807) is 12.4 Å². The molecule has 0 spiro atoms. The summed E-state index contributed by atoms with van der Waals surface area (Å²) in [5, 5.41) is 18.7. The van der Waals surface area contributed by atoms with Gasteiger partial charge in [-0.05, 0) is 43.1 Å². The second-order valence-electron chi connectivity index (χ2n) is 7.53. The van der Waals surface area contributed by atoms with Crippen LogP contribution in [0, 0.1) is 5.41 Å². The fraction of sp³-hybridized carbons (Fsp3) is 0.429. The standard InChI is InChI=1S/C21H26N2O4/c1-21(15-24)7-3-9-23(14-21)12-18-10-16(17-4-2-8-22-11-17)5-6-19(18)27-13-20(25)26/h2,4-6,8,10-11,24H,3,7,9,12-15H2,1H3,(H,25,26)/t21-/m1/s1. The maximum absolute atomic E-state index is 10.9. The van der Waals surface area contributed by atoms with Crippen molar-refractivity contribution in [2.24, 2.45) is 5.41 Å². The number of ether oxygens (including phenoxy) is 1. The largest absolute Gasteiger partial charge is 0.482 e. The van der Waals surface area contributed by atoms with Crippen molar-refractivity contribution in [2.45, 2.75) is 26.3 Å². The van der Waals surface area contributed by atoms with Crippen LogP contribution in [0.1, 0.15) is 25.3 Å². The van der Waals surface area contributed by atoms with Crippen LogP contribution < -0.4 is 4.74 Å². The molecule has 0 bridgehead atoms. The molecule has 1 aromatic heterocycles. The highest BCUT2D eigenvalue weighted by Crippen LogP contribution is 2.32. The summed E-state index contributed by atoms with van der Waals surface area (Å²) < 4.78 is 5.52. The van der Waals surface area contributed by atoms with Crippen molar-refractivity contribution in [2.75, 3.05) is 26.3 Å². The van der Waals surface area contributed by atoms with Crippen LogP contribution in [0.25, 0.3) is 11.1 Å². The first kappa shape index (κ1) is 19.3. The van der Waals surface area contributed by atoms with Gasteiger partial charge in [-0.2, -0.15) is 0 Å². The Morgan fingerprint density at radius 2 is 2.19 bits per heavy atom. The molecule has 1 aliphatic rings. The number of aliphatic hydroxyl groups excluding tert-OH is 1. The topological polar surface area (TPSA) is 82.9 Å². The fourth-order valence-corrected chi connectivity index (χ4v) is 3.63. The van der Waals surface area contributed by atoms with E-state index in [0.717, 1.165) is 42.6 Å². The fourth-order valence-electron chi connectivity index (χ4n) is 3.63. The van der Waals surface area contributed by atoms with Crippen molar-refractivity contribution in [3.05, 3.63) is 48.3 Å². The molecule has 2 heterocycles. The number of piperidine rings is 1. The zero-order valence-electron chi connectivity index (χ0n) is 15.6. The predicted molar refractivity (Wildman–Crippen MR) is 103 cm³/mol. The lowest BCUT2D eigenvalue weighted by molar-refractivity contribution is -0.139. The summed E-state index contributed by atoms with van der Waals surface area (Å²) in [4.78, 5) is 17.4. The Balaban J connectivity index is 1.86. The van der Waals surface area contributed by atoms with Gasteiger partial charge in [-0.25, -0.2) is 4.79 Å². The number of aromatic nitrogens is 1. The van der Waals surface area contributed by atoms with Crippen molar-refractivity contribution in [3.63, 3.8) is 0 Å². The highest BCUT2D eigenvalue weighted by atomic mass is 16.5. The van der Waals surface area contributed by atoms with E-state index in [1.807, 2.05) is 30.3 Å². The second-order valence-corrected chi connectivity index (χ2v) is 7.53. The molecule has 2 aromatic rings. The lowest BCUT2D eigenvalue weighted by Gasteiger charge is -2.39. The molecular weight excluding hydrogens is 344 g/mol. The Bertz CT molecular complexity index is 781. The van der Waals surface area contributed by atoms with Gasteiger partial charge in [0.25, 0.3) is 0 Å². The first-order chi connectivity index (χ1) is 13.0. The Hall–Kier alpha value is -2.44. The zero-order chi connectivity index (χ0) is 19.3. The molecule has 144 valence electrons. The number of likely N-dealkylation sites (tertiary alicyclic amines) is 1. The van der Waals surface area contributed by atoms with Gasteiger partial charge < -0.3 is 14.9 Å².